The number of benzene rings is 3. The summed E-state index contributed by atoms with van der Waals surface area (Å²) in [6, 6.07) is 13.8. The van der Waals surface area contributed by atoms with Crippen molar-refractivity contribution in [1.29, 1.82) is 0 Å². The van der Waals surface area contributed by atoms with Crippen LogP contribution >= 0.6 is 46.1 Å². The van der Waals surface area contributed by atoms with Crippen molar-refractivity contribution in [2.24, 2.45) is 0 Å². The topological polar surface area (TPSA) is 103 Å². The molecule has 0 unspecified atom stereocenters. The molecule has 1 N–H and O–H groups in total. The number of nitrogens with zero attached hydrogens (tertiary/aromatic N) is 2. The van der Waals surface area contributed by atoms with E-state index in [4.69, 9.17) is 39.5 Å². The van der Waals surface area contributed by atoms with E-state index >= 15 is 0 Å². The molecule has 3 aromatic carbocycles. The quantitative estimate of drug-likeness (QED) is 0.123. The Kier molecular flexibility index (Phi) is 6.53. The molecule has 0 saturated heterocycles. The van der Waals surface area contributed by atoms with E-state index in [1.807, 2.05) is 5.38 Å². The summed E-state index contributed by atoms with van der Waals surface area (Å²) in [5.74, 6) is -0.0864. The summed E-state index contributed by atoms with van der Waals surface area (Å²) in [6.45, 7) is 0. The van der Waals surface area contributed by atoms with Crippen LogP contribution < -0.4 is 4.74 Å². The lowest BCUT2D eigenvalue weighted by molar-refractivity contribution is -0.384. The SMILES string of the molecule is O=C(O)Oc1cc(-c2nc(-c3ccc(Cl)c(Cl)c3)cs2)ccc1-c1cc(Cl)ccc1[N+](=O)[O-]. The van der Waals surface area contributed by atoms with Gasteiger partial charge in [-0.25, -0.2) is 9.78 Å². The van der Waals surface area contributed by atoms with Gasteiger partial charge in [-0.15, -0.1) is 11.3 Å². The zero-order valence-electron chi connectivity index (χ0n) is 16.3. The number of carbonyl (C=O) groups is 1. The predicted molar refractivity (Wildman–Crippen MR) is 129 cm³/mol. The first kappa shape index (κ1) is 23.0. The number of rotatable bonds is 5. The maximum Gasteiger partial charge on any atom is 0.511 e. The van der Waals surface area contributed by atoms with Gasteiger partial charge in [0.2, 0.25) is 0 Å². The van der Waals surface area contributed by atoms with E-state index in [2.05, 4.69) is 4.98 Å². The molecule has 1 heterocycles. The van der Waals surface area contributed by atoms with Crippen LogP contribution in [0.3, 0.4) is 0 Å². The number of thiazole rings is 1. The van der Waals surface area contributed by atoms with Gasteiger partial charge in [-0.05, 0) is 36.4 Å². The van der Waals surface area contributed by atoms with Crippen LogP contribution in [-0.4, -0.2) is 21.2 Å². The fraction of sp³-hybridized carbons (Fsp3) is 0. The maximum absolute atomic E-state index is 11.5. The third-order valence-electron chi connectivity index (χ3n) is 4.59. The minimum absolute atomic E-state index is 0.0864. The number of carboxylic acid groups (broad SMARTS) is 1. The van der Waals surface area contributed by atoms with Crippen LogP contribution in [0.4, 0.5) is 10.5 Å². The monoisotopic (exact) mass is 520 g/mol. The van der Waals surface area contributed by atoms with Crippen LogP contribution in [0, 0.1) is 10.1 Å². The molecule has 11 heteroatoms. The number of nitro benzene ring substituents is 1. The molecule has 1 aromatic heterocycles. The molecule has 0 aliphatic rings. The molecule has 0 bridgehead atoms. The summed E-state index contributed by atoms with van der Waals surface area (Å²) in [5.41, 5.74) is 2.08. The minimum Gasteiger partial charge on any atom is -0.449 e. The normalized spacial score (nSPS) is 10.8. The van der Waals surface area contributed by atoms with E-state index < -0.39 is 11.1 Å². The summed E-state index contributed by atoms with van der Waals surface area (Å²) in [5, 5.41) is 24.2. The molecular weight excluding hydrogens is 511 g/mol. The van der Waals surface area contributed by atoms with Gasteiger partial charge in [0.25, 0.3) is 5.69 Å². The van der Waals surface area contributed by atoms with E-state index in [9.17, 15) is 20.0 Å². The van der Waals surface area contributed by atoms with Gasteiger partial charge in [-0.1, -0.05) is 46.9 Å². The number of ether oxygens (including phenoxy) is 1. The Hall–Kier alpha value is -3.17. The van der Waals surface area contributed by atoms with Crippen LogP contribution in [0.1, 0.15) is 0 Å². The molecule has 0 atom stereocenters. The largest absolute Gasteiger partial charge is 0.511 e. The molecule has 0 fully saturated rings. The number of aromatic nitrogens is 1. The Morgan fingerprint density at radius 2 is 1.73 bits per heavy atom. The number of hydrogen-bond acceptors (Lipinski definition) is 6. The summed E-state index contributed by atoms with van der Waals surface area (Å²) in [6.07, 6.45) is -1.56. The third kappa shape index (κ3) is 4.94. The highest BCUT2D eigenvalue weighted by atomic mass is 35.5. The highest BCUT2D eigenvalue weighted by Gasteiger charge is 2.21. The number of nitro groups is 1. The summed E-state index contributed by atoms with van der Waals surface area (Å²) in [7, 11) is 0. The van der Waals surface area contributed by atoms with E-state index in [1.165, 1.54) is 41.7 Å². The minimum atomic E-state index is -1.56. The maximum atomic E-state index is 11.5. The zero-order chi connectivity index (χ0) is 23.7. The van der Waals surface area contributed by atoms with Crippen molar-refractivity contribution in [1.82, 2.24) is 4.98 Å². The van der Waals surface area contributed by atoms with Gasteiger partial charge in [0.15, 0.2) is 0 Å². The molecule has 7 nitrogen and oxygen atoms in total. The lowest BCUT2D eigenvalue weighted by Crippen LogP contribution is -2.05. The van der Waals surface area contributed by atoms with Crippen molar-refractivity contribution in [2.75, 3.05) is 0 Å². The molecule has 0 radical (unpaired) electrons. The fourth-order valence-corrected chi connectivity index (χ4v) is 4.43. The van der Waals surface area contributed by atoms with Crippen LogP contribution in [0.5, 0.6) is 5.75 Å². The lowest BCUT2D eigenvalue weighted by Gasteiger charge is -2.11. The average molecular weight is 522 g/mol. The second-order valence-corrected chi connectivity index (χ2v) is 8.77. The zero-order valence-corrected chi connectivity index (χ0v) is 19.4. The molecular formula is C22H11Cl3N2O5S. The highest BCUT2D eigenvalue weighted by molar-refractivity contribution is 7.13. The van der Waals surface area contributed by atoms with E-state index in [0.717, 1.165) is 5.56 Å². The van der Waals surface area contributed by atoms with Gasteiger partial charge in [-0.2, -0.15) is 0 Å². The standard InChI is InChI=1S/C22H11Cl3N2O5S/c23-13-3-6-19(27(30)31)15(9-13)14-4-1-12(8-20(14)32-22(28)29)21-26-18(10-33-21)11-2-5-16(24)17(25)7-11/h1-10H,(H,28,29). The first-order valence-corrected chi connectivity index (χ1v) is 11.1. The Bertz CT molecular complexity index is 1410. The molecule has 166 valence electrons. The first-order valence-electron chi connectivity index (χ1n) is 9.13. The van der Waals surface area contributed by atoms with Crippen molar-refractivity contribution in [3.63, 3.8) is 0 Å². The van der Waals surface area contributed by atoms with Crippen LogP contribution in [-0.2, 0) is 0 Å². The summed E-state index contributed by atoms with van der Waals surface area (Å²) >= 11 is 19.4. The number of hydrogen-bond donors (Lipinski definition) is 1. The Labute approximate surface area is 205 Å². The molecule has 0 amide bonds. The fourth-order valence-electron chi connectivity index (χ4n) is 3.13. The Morgan fingerprint density at radius 1 is 0.970 bits per heavy atom. The van der Waals surface area contributed by atoms with Crippen molar-refractivity contribution in [3.8, 4) is 38.7 Å². The van der Waals surface area contributed by atoms with E-state index in [-0.39, 0.29) is 27.6 Å². The van der Waals surface area contributed by atoms with E-state index in [1.54, 1.807) is 24.3 Å². The highest BCUT2D eigenvalue weighted by Crippen LogP contribution is 2.41. The Balaban J connectivity index is 1.79. The molecule has 0 aliphatic carbocycles. The molecule has 0 spiro atoms. The molecule has 0 aliphatic heterocycles. The molecule has 0 saturated carbocycles. The summed E-state index contributed by atoms with van der Waals surface area (Å²) in [4.78, 5) is 26.8. The van der Waals surface area contributed by atoms with Crippen LogP contribution in [0.2, 0.25) is 15.1 Å². The predicted octanol–water partition coefficient (Wildman–Crippen LogP) is 8.07. The van der Waals surface area contributed by atoms with Gasteiger partial charge < -0.3 is 9.84 Å². The second kappa shape index (κ2) is 9.36. The van der Waals surface area contributed by atoms with E-state index in [0.29, 0.717) is 26.3 Å². The van der Waals surface area contributed by atoms with Gasteiger partial charge in [0.05, 0.1) is 26.2 Å². The first-order chi connectivity index (χ1) is 15.7. The molecule has 33 heavy (non-hydrogen) atoms. The molecule has 4 aromatic rings. The van der Waals surface area contributed by atoms with Crippen LogP contribution in [0.25, 0.3) is 33.0 Å². The van der Waals surface area contributed by atoms with Crippen molar-refractivity contribution in [2.45, 2.75) is 0 Å². The van der Waals surface area contributed by atoms with Gasteiger partial charge in [0.1, 0.15) is 10.8 Å². The smallest absolute Gasteiger partial charge is 0.449 e. The number of halogens is 3. The van der Waals surface area contributed by atoms with Crippen molar-refractivity contribution in [3.05, 3.63) is 85.2 Å². The second-order valence-electron chi connectivity index (χ2n) is 6.66. The van der Waals surface area contributed by atoms with Crippen molar-refractivity contribution >= 4 is 58.0 Å². The Morgan fingerprint density at radius 3 is 2.42 bits per heavy atom. The summed E-state index contributed by atoms with van der Waals surface area (Å²) < 4.78 is 4.95. The van der Waals surface area contributed by atoms with Crippen molar-refractivity contribution < 1.29 is 19.6 Å². The van der Waals surface area contributed by atoms with Gasteiger partial charge in [0, 0.05) is 33.2 Å². The lowest BCUT2D eigenvalue weighted by atomic mass is 10.0. The van der Waals surface area contributed by atoms with Crippen LogP contribution in [0.15, 0.2) is 60.0 Å². The van der Waals surface area contributed by atoms with Gasteiger partial charge in [-0.3, -0.25) is 10.1 Å². The molecule has 4 rings (SSSR count). The average Bonchev–Trinajstić information content (AvgIpc) is 3.25. The van der Waals surface area contributed by atoms with Gasteiger partial charge >= 0.3 is 6.16 Å². The third-order valence-corrected chi connectivity index (χ3v) is 6.46.